The zero-order chi connectivity index (χ0) is 11.5. The molecule has 1 aliphatic rings. The van der Waals surface area contributed by atoms with Crippen LogP contribution in [0.15, 0.2) is 6.20 Å². The maximum absolute atomic E-state index is 6.01. The topological polar surface area (TPSA) is 37.8 Å². The summed E-state index contributed by atoms with van der Waals surface area (Å²) in [7, 11) is 0. The van der Waals surface area contributed by atoms with Crippen molar-refractivity contribution in [2.45, 2.75) is 38.6 Å². The largest absolute Gasteiger partial charge is 0.366 e. The molecule has 0 radical (unpaired) electrons. The van der Waals surface area contributed by atoms with E-state index in [0.717, 1.165) is 12.3 Å². The van der Waals surface area contributed by atoms with Gasteiger partial charge in [0.25, 0.3) is 0 Å². The van der Waals surface area contributed by atoms with Crippen LogP contribution in [0.3, 0.4) is 0 Å². The average Bonchev–Trinajstić information content (AvgIpc) is 2.24. The number of aromatic nitrogens is 2. The summed E-state index contributed by atoms with van der Waals surface area (Å²) in [4.78, 5) is 7.93. The second kappa shape index (κ2) is 5.19. The summed E-state index contributed by atoms with van der Waals surface area (Å²) in [6.45, 7) is 2.28. The first kappa shape index (κ1) is 11.9. The smallest absolute Gasteiger partial charge is 0.224 e. The maximum Gasteiger partial charge on any atom is 0.224 e. The first-order valence-corrected chi connectivity index (χ1v) is 6.35. The minimum Gasteiger partial charge on any atom is -0.366 e. The molecule has 2 atom stereocenters. The van der Waals surface area contributed by atoms with Crippen LogP contribution in [0.5, 0.6) is 0 Å². The molecular formula is C11H15Cl2N3. The molecular weight excluding hydrogens is 245 g/mol. The number of halogens is 2. The molecule has 0 saturated heterocycles. The summed E-state index contributed by atoms with van der Waals surface area (Å²) >= 11 is 11.7. The van der Waals surface area contributed by atoms with E-state index in [1.54, 1.807) is 0 Å². The molecule has 1 saturated carbocycles. The van der Waals surface area contributed by atoms with Gasteiger partial charge in [-0.1, -0.05) is 31.4 Å². The molecule has 1 aliphatic carbocycles. The number of hydrogen-bond donors (Lipinski definition) is 1. The van der Waals surface area contributed by atoms with Gasteiger partial charge < -0.3 is 5.32 Å². The molecule has 1 N–H and O–H groups in total. The molecule has 0 aliphatic heterocycles. The molecule has 1 fully saturated rings. The molecule has 1 aromatic heterocycles. The van der Waals surface area contributed by atoms with Crippen molar-refractivity contribution in [3.05, 3.63) is 16.5 Å². The van der Waals surface area contributed by atoms with E-state index in [4.69, 9.17) is 23.2 Å². The van der Waals surface area contributed by atoms with Crippen LogP contribution < -0.4 is 5.32 Å². The maximum atomic E-state index is 6.01. The predicted molar refractivity (Wildman–Crippen MR) is 67.1 cm³/mol. The number of rotatable bonds is 2. The van der Waals surface area contributed by atoms with Crippen molar-refractivity contribution in [2.75, 3.05) is 5.32 Å². The van der Waals surface area contributed by atoms with E-state index in [1.165, 1.54) is 25.5 Å². The van der Waals surface area contributed by atoms with Crippen LogP contribution in [-0.2, 0) is 0 Å². The predicted octanol–water partition coefficient (Wildman–Crippen LogP) is 3.77. The van der Waals surface area contributed by atoms with E-state index in [1.807, 2.05) is 0 Å². The third-order valence-corrected chi connectivity index (χ3v) is 3.45. The fraction of sp³-hybridized carbons (Fsp3) is 0.636. The van der Waals surface area contributed by atoms with Crippen molar-refractivity contribution < 1.29 is 0 Å². The van der Waals surface area contributed by atoms with Gasteiger partial charge in [0, 0.05) is 6.04 Å². The summed E-state index contributed by atoms with van der Waals surface area (Å²) in [5, 5.41) is 4.12. The number of anilines is 1. The Kier molecular flexibility index (Phi) is 3.87. The van der Waals surface area contributed by atoms with Gasteiger partial charge in [-0.05, 0) is 30.4 Å². The van der Waals surface area contributed by atoms with Crippen LogP contribution in [0.1, 0.15) is 32.6 Å². The first-order valence-electron chi connectivity index (χ1n) is 5.59. The third-order valence-electron chi connectivity index (χ3n) is 2.99. The molecule has 0 amide bonds. The van der Waals surface area contributed by atoms with Gasteiger partial charge in [0.05, 0.1) is 6.20 Å². The van der Waals surface area contributed by atoms with Crippen molar-refractivity contribution in [1.29, 1.82) is 0 Å². The fourth-order valence-electron chi connectivity index (χ4n) is 2.21. The Morgan fingerprint density at radius 3 is 2.94 bits per heavy atom. The second-order valence-electron chi connectivity index (χ2n) is 4.45. The van der Waals surface area contributed by atoms with Crippen LogP contribution >= 0.6 is 23.2 Å². The van der Waals surface area contributed by atoms with Crippen molar-refractivity contribution >= 4 is 29.0 Å². The first-order chi connectivity index (χ1) is 7.65. The molecule has 2 rings (SSSR count). The normalized spacial score (nSPS) is 25.4. The van der Waals surface area contributed by atoms with Crippen LogP contribution in [0.25, 0.3) is 0 Å². The zero-order valence-corrected chi connectivity index (χ0v) is 10.7. The Morgan fingerprint density at radius 1 is 1.38 bits per heavy atom. The van der Waals surface area contributed by atoms with E-state index in [-0.39, 0.29) is 5.28 Å². The quantitative estimate of drug-likeness (QED) is 0.822. The molecule has 2 unspecified atom stereocenters. The summed E-state index contributed by atoms with van der Waals surface area (Å²) in [6, 6.07) is 0.451. The highest BCUT2D eigenvalue weighted by molar-refractivity contribution is 6.33. The fourth-order valence-corrected chi connectivity index (χ4v) is 2.48. The summed E-state index contributed by atoms with van der Waals surface area (Å²) in [5.41, 5.74) is 0. The lowest BCUT2D eigenvalue weighted by Crippen LogP contribution is -2.26. The molecule has 1 aromatic rings. The van der Waals surface area contributed by atoms with Gasteiger partial charge >= 0.3 is 0 Å². The van der Waals surface area contributed by atoms with Crippen LogP contribution in [0.2, 0.25) is 10.3 Å². The van der Waals surface area contributed by atoms with Gasteiger partial charge in [0.15, 0.2) is 0 Å². The Labute approximate surface area is 106 Å². The summed E-state index contributed by atoms with van der Waals surface area (Å²) in [6.07, 6.45) is 6.44. The van der Waals surface area contributed by atoms with Crippen molar-refractivity contribution in [1.82, 2.24) is 9.97 Å². The van der Waals surface area contributed by atoms with Crippen molar-refractivity contribution in [2.24, 2.45) is 5.92 Å². The highest BCUT2D eigenvalue weighted by Gasteiger charge is 2.19. The standard InChI is InChI=1S/C11H15Cl2N3/c1-7-3-2-4-8(5-7)15-10-9(12)6-14-11(13)16-10/h6-8H,2-5H2,1H3,(H,14,15,16). The van der Waals surface area contributed by atoms with E-state index >= 15 is 0 Å². The Morgan fingerprint density at radius 2 is 2.19 bits per heavy atom. The van der Waals surface area contributed by atoms with E-state index < -0.39 is 0 Å². The highest BCUT2D eigenvalue weighted by atomic mass is 35.5. The van der Waals surface area contributed by atoms with Gasteiger partial charge in [-0.25, -0.2) is 4.98 Å². The lowest BCUT2D eigenvalue weighted by molar-refractivity contribution is 0.358. The third kappa shape index (κ3) is 2.98. The zero-order valence-electron chi connectivity index (χ0n) is 9.21. The summed E-state index contributed by atoms with van der Waals surface area (Å²) < 4.78 is 0. The minimum absolute atomic E-state index is 0.232. The van der Waals surface area contributed by atoms with Crippen LogP contribution in [-0.4, -0.2) is 16.0 Å². The van der Waals surface area contributed by atoms with E-state index in [0.29, 0.717) is 16.9 Å². The number of nitrogens with one attached hydrogen (secondary N) is 1. The Balaban J connectivity index is 2.05. The monoisotopic (exact) mass is 259 g/mol. The molecule has 0 spiro atoms. The van der Waals surface area contributed by atoms with E-state index in [9.17, 15) is 0 Å². The second-order valence-corrected chi connectivity index (χ2v) is 5.19. The SMILES string of the molecule is CC1CCCC(Nc2nc(Cl)ncc2Cl)C1. The Hall–Kier alpha value is -0.540. The molecule has 0 bridgehead atoms. The number of nitrogens with zero attached hydrogens (tertiary/aromatic N) is 2. The van der Waals surface area contributed by atoms with E-state index in [2.05, 4.69) is 22.2 Å². The molecule has 5 heteroatoms. The van der Waals surface area contributed by atoms with Crippen molar-refractivity contribution in [3.63, 3.8) is 0 Å². The van der Waals surface area contributed by atoms with Gasteiger partial charge in [-0.3, -0.25) is 0 Å². The van der Waals surface area contributed by atoms with Crippen LogP contribution in [0, 0.1) is 5.92 Å². The van der Waals surface area contributed by atoms with Crippen molar-refractivity contribution in [3.8, 4) is 0 Å². The lowest BCUT2D eigenvalue weighted by Gasteiger charge is -2.28. The highest BCUT2D eigenvalue weighted by Crippen LogP contribution is 2.28. The average molecular weight is 260 g/mol. The molecule has 0 aromatic carbocycles. The molecule has 16 heavy (non-hydrogen) atoms. The minimum atomic E-state index is 0.232. The van der Waals surface area contributed by atoms with Gasteiger partial charge in [-0.15, -0.1) is 0 Å². The van der Waals surface area contributed by atoms with Crippen LogP contribution in [0.4, 0.5) is 5.82 Å². The Bertz CT molecular complexity index is 370. The molecule has 88 valence electrons. The van der Waals surface area contributed by atoms with Gasteiger partial charge in [-0.2, -0.15) is 4.98 Å². The number of hydrogen-bond acceptors (Lipinski definition) is 3. The van der Waals surface area contributed by atoms with Gasteiger partial charge in [0.2, 0.25) is 5.28 Å². The summed E-state index contributed by atoms with van der Waals surface area (Å²) in [5.74, 6) is 1.42. The molecule has 3 nitrogen and oxygen atoms in total. The molecule has 1 heterocycles. The van der Waals surface area contributed by atoms with Gasteiger partial charge in [0.1, 0.15) is 10.8 Å². The lowest BCUT2D eigenvalue weighted by atomic mass is 9.87.